The van der Waals surface area contributed by atoms with E-state index in [0.717, 1.165) is 27.9 Å². The highest BCUT2D eigenvalue weighted by Gasteiger charge is 2.32. The van der Waals surface area contributed by atoms with Gasteiger partial charge in [-0.2, -0.15) is 0 Å². The fourth-order valence-electron chi connectivity index (χ4n) is 4.83. The molecule has 2 aliphatic rings. The standard InChI is InChI=1S/C28H25Cl2N3O3/c1-32-24-10-9-20(29)16-21(24)27(31-23(28(32)36)13-17-5-2-3-6-22(17)30)19-8-7-18-15-26(35)33(11-4-12-34)25(18)14-19/h2-3,5-10,14,16,23,34H,4,11-13,15H2,1H3. The summed E-state index contributed by atoms with van der Waals surface area (Å²) in [5.41, 5.74) is 5.45. The Morgan fingerprint density at radius 2 is 1.83 bits per heavy atom. The molecule has 5 rings (SSSR count). The van der Waals surface area contributed by atoms with Crippen LogP contribution in [0.4, 0.5) is 11.4 Å². The predicted molar refractivity (Wildman–Crippen MR) is 144 cm³/mol. The van der Waals surface area contributed by atoms with Crippen LogP contribution in [0.1, 0.15) is 28.7 Å². The van der Waals surface area contributed by atoms with E-state index in [4.69, 9.17) is 28.2 Å². The summed E-state index contributed by atoms with van der Waals surface area (Å²) < 4.78 is 0. The van der Waals surface area contributed by atoms with Gasteiger partial charge >= 0.3 is 0 Å². The van der Waals surface area contributed by atoms with Gasteiger partial charge in [0.15, 0.2) is 0 Å². The molecule has 1 N–H and O–H groups in total. The molecule has 0 saturated heterocycles. The molecule has 3 aromatic rings. The van der Waals surface area contributed by atoms with Crippen LogP contribution in [0.2, 0.25) is 10.0 Å². The van der Waals surface area contributed by atoms with Crippen LogP contribution in [0.5, 0.6) is 0 Å². The fourth-order valence-corrected chi connectivity index (χ4v) is 5.21. The van der Waals surface area contributed by atoms with Gasteiger partial charge < -0.3 is 14.9 Å². The largest absolute Gasteiger partial charge is 0.396 e. The number of anilines is 2. The lowest BCUT2D eigenvalue weighted by Crippen LogP contribution is -2.36. The maximum absolute atomic E-state index is 13.6. The monoisotopic (exact) mass is 521 g/mol. The van der Waals surface area contributed by atoms with Gasteiger partial charge in [-0.3, -0.25) is 14.6 Å². The van der Waals surface area contributed by atoms with Crippen LogP contribution in [-0.2, 0) is 22.4 Å². The number of amides is 2. The van der Waals surface area contributed by atoms with Gasteiger partial charge in [0.25, 0.3) is 5.91 Å². The Kier molecular flexibility index (Phi) is 6.84. The summed E-state index contributed by atoms with van der Waals surface area (Å²) in [5, 5.41) is 10.4. The number of nitrogens with zero attached hydrogens (tertiary/aromatic N) is 3. The minimum atomic E-state index is -0.698. The molecule has 1 atom stereocenters. The van der Waals surface area contributed by atoms with Gasteiger partial charge in [0, 0.05) is 53.5 Å². The number of likely N-dealkylation sites (N-methyl/N-ethyl adjacent to an activating group) is 1. The van der Waals surface area contributed by atoms with Crippen molar-refractivity contribution in [2.24, 2.45) is 4.99 Å². The highest BCUT2D eigenvalue weighted by Crippen LogP contribution is 2.35. The maximum atomic E-state index is 13.6. The molecule has 0 aliphatic carbocycles. The molecule has 0 fully saturated rings. The average molecular weight is 522 g/mol. The Labute approximate surface area is 219 Å². The zero-order valence-electron chi connectivity index (χ0n) is 19.7. The number of rotatable bonds is 6. The zero-order chi connectivity index (χ0) is 25.4. The van der Waals surface area contributed by atoms with E-state index in [-0.39, 0.29) is 18.4 Å². The van der Waals surface area contributed by atoms with Gasteiger partial charge in [0.1, 0.15) is 6.04 Å². The fraction of sp³-hybridized carbons (Fsp3) is 0.250. The van der Waals surface area contributed by atoms with Gasteiger partial charge in [0.05, 0.1) is 17.8 Å². The summed E-state index contributed by atoms with van der Waals surface area (Å²) in [6.07, 6.45) is 1.17. The van der Waals surface area contributed by atoms with Crippen LogP contribution in [0, 0.1) is 0 Å². The quantitative estimate of drug-likeness (QED) is 0.511. The molecule has 6 nitrogen and oxygen atoms in total. The summed E-state index contributed by atoms with van der Waals surface area (Å²) in [4.78, 5) is 34.5. The molecule has 3 aromatic carbocycles. The number of carbonyl (C=O) groups is 2. The van der Waals surface area contributed by atoms with E-state index in [0.29, 0.717) is 47.3 Å². The Balaban J connectivity index is 1.64. The second kappa shape index (κ2) is 10.1. The summed E-state index contributed by atoms with van der Waals surface area (Å²) in [6.45, 7) is 0.451. The van der Waals surface area contributed by atoms with Gasteiger partial charge in [0.2, 0.25) is 5.91 Å². The van der Waals surface area contributed by atoms with Crippen LogP contribution in [0.15, 0.2) is 65.7 Å². The molecule has 184 valence electrons. The summed E-state index contributed by atoms with van der Waals surface area (Å²) in [6, 6.07) is 18.0. The van der Waals surface area contributed by atoms with Gasteiger partial charge in [-0.25, -0.2) is 0 Å². The SMILES string of the molecule is CN1C(=O)C(Cc2ccccc2Cl)N=C(c2ccc3c(c2)N(CCCO)C(=O)C3)c2cc(Cl)ccc21. The lowest BCUT2D eigenvalue weighted by Gasteiger charge is -2.21. The Bertz CT molecular complexity index is 1390. The number of halogens is 2. The van der Waals surface area contributed by atoms with Crippen LogP contribution in [0.3, 0.4) is 0 Å². The molecule has 2 amide bonds. The van der Waals surface area contributed by atoms with E-state index in [1.165, 1.54) is 0 Å². The Hall–Kier alpha value is -3.19. The van der Waals surface area contributed by atoms with E-state index in [9.17, 15) is 14.7 Å². The molecule has 0 aromatic heterocycles. The number of benzodiazepines with no additional fused rings is 1. The van der Waals surface area contributed by atoms with Crippen LogP contribution in [0.25, 0.3) is 0 Å². The van der Waals surface area contributed by atoms with Gasteiger partial charge in [-0.05, 0) is 47.9 Å². The van der Waals surface area contributed by atoms with E-state index in [2.05, 4.69) is 0 Å². The van der Waals surface area contributed by atoms with Crippen molar-refractivity contribution >= 4 is 52.1 Å². The van der Waals surface area contributed by atoms with Crippen molar-refractivity contribution < 1.29 is 14.7 Å². The van der Waals surface area contributed by atoms with Gasteiger partial charge in [-0.15, -0.1) is 0 Å². The zero-order valence-corrected chi connectivity index (χ0v) is 21.3. The number of carbonyl (C=O) groups excluding carboxylic acids is 2. The number of aliphatic hydroxyl groups is 1. The molecule has 0 radical (unpaired) electrons. The lowest BCUT2D eigenvalue weighted by atomic mass is 9.98. The van der Waals surface area contributed by atoms with Crippen molar-refractivity contribution in [1.82, 2.24) is 0 Å². The first-order valence-electron chi connectivity index (χ1n) is 11.8. The minimum Gasteiger partial charge on any atom is -0.396 e. The lowest BCUT2D eigenvalue weighted by molar-refractivity contribution is -0.119. The normalized spacial score (nSPS) is 17.1. The third-order valence-electron chi connectivity index (χ3n) is 6.68. The maximum Gasteiger partial charge on any atom is 0.251 e. The van der Waals surface area contributed by atoms with Crippen LogP contribution >= 0.6 is 23.2 Å². The van der Waals surface area contributed by atoms with E-state index in [1.54, 1.807) is 29.0 Å². The number of benzene rings is 3. The number of aliphatic hydroxyl groups excluding tert-OH is 1. The first-order chi connectivity index (χ1) is 17.4. The van der Waals surface area contributed by atoms with Crippen molar-refractivity contribution in [3.63, 3.8) is 0 Å². The molecule has 1 unspecified atom stereocenters. The summed E-state index contributed by atoms with van der Waals surface area (Å²) in [5.74, 6) is -0.136. The molecular weight excluding hydrogens is 497 g/mol. The molecular formula is C28H25Cl2N3O3. The van der Waals surface area contributed by atoms with Crippen molar-refractivity contribution in [2.75, 3.05) is 30.0 Å². The third kappa shape index (κ3) is 4.52. The highest BCUT2D eigenvalue weighted by atomic mass is 35.5. The molecule has 0 bridgehead atoms. The number of hydrogen-bond donors (Lipinski definition) is 1. The smallest absolute Gasteiger partial charge is 0.251 e. The van der Waals surface area contributed by atoms with Crippen molar-refractivity contribution in [3.8, 4) is 0 Å². The topological polar surface area (TPSA) is 73.2 Å². The third-order valence-corrected chi connectivity index (χ3v) is 7.28. The number of fused-ring (bicyclic) bond motifs is 2. The van der Waals surface area contributed by atoms with E-state index >= 15 is 0 Å². The first kappa shape index (κ1) is 24.5. The second-order valence-electron chi connectivity index (χ2n) is 8.99. The Morgan fingerprint density at radius 1 is 1.03 bits per heavy atom. The molecule has 0 saturated carbocycles. The van der Waals surface area contributed by atoms with Crippen molar-refractivity contribution in [2.45, 2.75) is 25.3 Å². The Morgan fingerprint density at radius 3 is 2.61 bits per heavy atom. The van der Waals surface area contributed by atoms with E-state index in [1.807, 2.05) is 48.5 Å². The van der Waals surface area contributed by atoms with Crippen molar-refractivity contribution in [1.29, 1.82) is 0 Å². The van der Waals surface area contributed by atoms with Crippen molar-refractivity contribution in [3.05, 3.63) is 93.0 Å². The molecule has 0 spiro atoms. The molecule has 2 aliphatic heterocycles. The summed E-state index contributed by atoms with van der Waals surface area (Å²) in [7, 11) is 1.74. The highest BCUT2D eigenvalue weighted by molar-refractivity contribution is 6.32. The van der Waals surface area contributed by atoms with Crippen LogP contribution < -0.4 is 9.80 Å². The predicted octanol–water partition coefficient (Wildman–Crippen LogP) is 4.69. The van der Waals surface area contributed by atoms with Gasteiger partial charge in [-0.1, -0.05) is 53.5 Å². The van der Waals surface area contributed by atoms with Crippen LogP contribution in [-0.4, -0.2) is 48.9 Å². The molecule has 2 heterocycles. The molecule has 36 heavy (non-hydrogen) atoms. The molecule has 8 heteroatoms. The number of aliphatic imine (C=N–C) groups is 1. The average Bonchev–Trinajstić information content (AvgIpc) is 3.14. The number of hydrogen-bond acceptors (Lipinski definition) is 4. The van der Waals surface area contributed by atoms with E-state index < -0.39 is 6.04 Å². The summed E-state index contributed by atoms with van der Waals surface area (Å²) >= 11 is 12.8. The minimum absolute atomic E-state index is 0.00774. The second-order valence-corrected chi connectivity index (χ2v) is 9.83. The first-order valence-corrected chi connectivity index (χ1v) is 12.6.